The molecule has 4 nitrogen and oxygen atoms in total. The van der Waals surface area contributed by atoms with Gasteiger partial charge in [0.05, 0.1) is 6.67 Å². The van der Waals surface area contributed by atoms with Gasteiger partial charge in [0, 0.05) is 0 Å². The highest BCUT2D eigenvalue weighted by atomic mass is 16.3. The first-order valence-corrected chi connectivity index (χ1v) is 4.28. The maximum atomic E-state index is 11.2. The lowest BCUT2D eigenvalue weighted by molar-refractivity contribution is -0.116. The molecular weight excluding hydrogens is 180 g/mol. The number of amides is 1. The Bertz CT molecular complexity index is 382. The predicted molar refractivity (Wildman–Crippen MR) is 52.2 cm³/mol. The maximum Gasteiger partial charge on any atom is 0.268 e. The minimum absolute atomic E-state index is 0.0990. The van der Waals surface area contributed by atoms with Crippen molar-refractivity contribution < 1.29 is 9.90 Å². The fourth-order valence-corrected chi connectivity index (χ4v) is 1.25. The van der Waals surface area contributed by atoms with Crippen molar-refractivity contribution in [3.05, 3.63) is 35.5 Å². The molecule has 1 saturated heterocycles. The molecule has 0 radical (unpaired) electrons. The van der Waals surface area contributed by atoms with Crippen molar-refractivity contribution in [3.63, 3.8) is 0 Å². The number of aromatic hydroxyl groups is 1. The standard InChI is InChI=1S/C10H10N2O2/c13-8-3-1-7(2-4-8)5-9-10(14)12-6-11-9/h1-5,11,13H,6H2,(H,12,14)/b9-5+. The van der Waals surface area contributed by atoms with Gasteiger partial charge in [0.25, 0.3) is 5.91 Å². The van der Waals surface area contributed by atoms with Crippen molar-refractivity contribution in [1.82, 2.24) is 10.6 Å². The lowest BCUT2D eigenvalue weighted by Gasteiger charge is -1.96. The first-order valence-electron chi connectivity index (χ1n) is 4.28. The second kappa shape index (κ2) is 3.41. The third kappa shape index (κ3) is 1.69. The van der Waals surface area contributed by atoms with Crippen LogP contribution in [0.5, 0.6) is 5.75 Å². The van der Waals surface area contributed by atoms with E-state index in [4.69, 9.17) is 5.11 Å². The number of phenolic OH excluding ortho intramolecular Hbond substituents is 1. The molecule has 0 spiro atoms. The van der Waals surface area contributed by atoms with Crippen LogP contribution < -0.4 is 10.6 Å². The molecule has 0 bridgehead atoms. The van der Waals surface area contributed by atoms with Gasteiger partial charge in [-0.1, -0.05) is 12.1 Å². The molecular formula is C10H10N2O2. The van der Waals surface area contributed by atoms with Crippen LogP contribution in [-0.2, 0) is 4.79 Å². The molecule has 4 heteroatoms. The summed E-state index contributed by atoms with van der Waals surface area (Å²) >= 11 is 0. The first-order chi connectivity index (χ1) is 6.75. The number of benzene rings is 1. The molecule has 1 aliphatic heterocycles. The number of nitrogens with one attached hydrogen (secondary N) is 2. The topological polar surface area (TPSA) is 61.4 Å². The summed E-state index contributed by atoms with van der Waals surface area (Å²) in [5.41, 5.74) is 1.43. The maximum absolute atomic E-state index is 11.2. The second-order valence-corrected chi connectivity index (χ2v) is 3.01. The van der Waals surface area contributed by atoms with E-state index in [9.17, 15) is 4.79 Å². The van der Waals surface area contributed by atoms with Crippen LogP contribution in [0.2, 0.25) is 0 Å². The molecule has 0 saturated carbocycles. The molecule has 0 aromatic heterocycles. The largest absolute Gasteiger partial charge is 0.508 e. The quantitative estimate of drug-likeness (QED) is 0.562. The van der Waals surface area contributed by atoms with Crippen molar-refractivity contribution in [2.45, 2.75) is 0 Å². The highest BCUT2D eigenvalue weighted by Crippen LogP contribution is 2.12. The molecule has 1 aromatic carbocycles. The zero-order chi connectivity index (χ0) is 9.97. The van der Waals surface area contributed by atoms with E-state index in [0.29, 0.717) is 12.4 Å². The number of rotatable bonds is 1. The van der Waals surface area contributed by atoms with E-state index < -0.39 is 0 Å². The molecule has 14 heavy (non-hydrogen) atoms. The summed E-state index contributed by atoms with van der Waals surface area (Å²) in [6.07, 6.45) is 1.74. The van der Waals surface area contributed by atoms with Crippen molar-refractivity contribution in [3.8, 4) is 5.75 Å². The zero-order valence-corrected chi connectivity index (χ0v) is 7.45. The number of carbonyl (C=O) groups is 1. The minimum Gasteiger partial charge on any atom is -0.508 e. The minimum atomic E-state index is -0.0990. The van der Waals surface area contributed by atoms with Gasteiger partial charge in [-0.3, -0.25) is 4.79 Å². The third-order valence-electron chi connectivity index (χ3n) is 1.98. The van der Waals surface area contributed by atoms with Crippen molar-refractivity contribution >= 4 is 12.0 Å². The van der Waals surface area contributed by atoms with Crippen LogP contribution in [0.3, 0.4) is 0 Å². The summed E-state index contributed by atoms with van der Waals surface area (Å²) < 4.78 is 0. The predicted octanol–water partition coefficient (Wildman–Crippen LogP) is 0.410. The van der Waals surface area contributed by atoms with Gasteiger partial charge in [-0.05, 0) is 23.8 Å². The normalized spacial score (nSPS) is 18.0. The Hall–Kier alpha value is -1.97. The summed E-state index contributed by atoms with van der Waals surface area (Å²) in [6, 6.07) is 6.66. The van der Waals surface area contributed by atoms with Gasteiger partial charge in [-0.2, -0.15) is 0 Å². The number of hydrogen-bond acceptors (Lipinski definition) is 3. The Labute approximate surface area is 81.3 Å². The van der Waals surface area contributed by atoms with Gasteiger partial charge < -0.3 is 15.7 Å². The smallest absolute Gasteiger partial charge is 0.268 e. The molecule has 1 aliphatic rings. The molecule has 0 atom stereocenters. The fourth-order valence-electron chi connectivity index (χ4n) is 1.25. The first kappa shape index (κ1) is 8.62. The average Bonchev–Trinajstić information content (AvgIpc) is 2.56. The van der Waals surface area contributed by atoms with Crippen LogP contribution in [0, 0.1) is 0 Å². The highest BCUT2D eigenvalue weighted by Gasteiger charge is 2.14. The van der Waals surface area contributed by atoms with E-state index in [1.807, 2.05) is 0 Å². The summed E-state index contributed by atoms with van der Waals surface area (Å²) in [5, 5.41) is 14.6. The van der Waals surface area contributed by atoms with Gasteiger partial charge in [0.2, 0.25) is 0 Å². The van der Waals surface area contributed by atoms with Gasteiger partial charge in [0.15, 0.2) is 0 Å². The molecule has 0 unspecified atom stereocenters. The summed E-state index contributed by atoms with van der Waals surface area (Å²) in [6.45, 7) is 0.475. The van der Waals surface area contributed by atoms with Crippen LogP contribution in [-0.4, -0.2) is 17.7 Å². The molecule has 1 aromatic rings. The van der Waals surface area contributed by atoms with E-state index in [1.165, 1.54) is 0 Å². The van der Waals surface area contributed by atoms with E-state index >= 15 is 0 Å². The molecule has 72 valence electrons. The monoisotopic (exact) mass is 190 g/mol. The van der Waals surface area contributed by atoms with Crippen molar-refractivity contribution in [1.29, 1.82) is 0 Å². The Kier molecular flexibility index (Phi) is 2.10. The Morgan fingerprint density at radius 2 is 1.93 bits per heavy atom. The Balaban J connectivity index is 2.24. The lowest BCUT2D eigenvalue weighted by atomic mass is 10.2. The number of phenols is 1. The molecule has 1 amide bonds. The van der Waals surface area contributed by atoms with Crippen LogP contribution >= 0.6 is 0 Å². The van der Waals surface area contributed by atoms with Crippen LogP contribution in [0.1, 0.15) is 5.56 Å². The highest BCUT2D eigenvalue weighted by molar-refractivity contribution is 5.98. The van der Waals surface area contributed by atoms with Gasteiger partial charge in [-0.25, -0.2) is 0 Å². The molecule has 1 fully saturated rings. The van der Waals surface area contributed by atoms with Gasteiger partial charge >= 0.3 is 0 Å². The summed E-state index contributed by atoms with van der Waals surface area (Å²) in [4.78, 5) is 11.2. The average molecular weight is 190 g/mol. The SMILES string of the molecule is O=C1NCN/C1=C/c1ccc(O)cc1. The third-order valence-corrected chi connectivity index (χ3v) is 1.98. The van der Waals surface area contributed by atoms with Crippen molar-refractivity contribution in [2.24, 2.45) is 0 Å². The molecule has 3 N–H and O–H groups in total. The number of carbonyl (C=O) groups excluding carboxylic acids is 1. The molecule has 1 heterocycles. The molecule has 2 rings (SSSR count). The van der Waals surface area contributed by atoms with Crippen LogP contribution in [0.15, 0.2) is 30.0 Å². The fraction of sp³-hybridized carbons (Fsp3) is 0.100. The van der Waals surface area contributed by atoms with E-state index in [-0.39, 0.29) is 11.7 Å². The van der Waals surface area contributed by atoms with Crippen LogP contribution in [0.25, 0.3) is 6.08 Å². The molecule has 0 aliphatic carbocycles. The van der Waals surface area contributed by atoms with Crippen LogP contribution in [0.4, 0.5) is 0 Å². The second-order valence-electron chi connectivity index (χ2n) is 3.01. The number of hydrogen-bond donors (Lipinski definition) is 3. The van der Waals surface area contributed by atoms with E-state index in [0.717, 1.165) is 5.56 Å². The Morgan fingerprint density at radius 3 is 2.50 bits per heavy atom. The van der Waals surface area contributed by atoms with E-state index in [2.05, 4.69) is 10.6 Å². The lowest BCUT2D eigenvalue weighted by Crippen LogP contribution is -2.14. The zero-order valence-electron chi connectivity index (χ0n) is 7.45. The summed E-state index contributed by atoms with van der Waals surface area (Å²) in [7, 11) is 0. The van der Waals surface area contributed by atoms with Gasteiger partial charge in [-0.15, -0.1) is 0 Å². The summed E-state index contributed by atoms with van der Waals surface area (Å²) in [5.74, 6) is 0.119. The van der Waals surface area contributed by atoms with Gasteiger partial charge in [0.1, 0.15) is 11.4 Å². The Morgan fingerprint density at radius 1 is 1.21 bits per heavy atom. The van der Waals surface area contributed by atoms with Crippen molar-refractivity contribution in [2.75, 3.05) is 6.67 Å². The van der Waals surface area contributed by atoms with E-state index in [1.54, 1.807) is 30.3 Å².